The van der Waals surface area contributed by atoms with Crippen molar-refractivity contribution in [2.75, 3.05) is 11.9 Å². The van der Waals surface area contributed by atoms with Crippen LogP contribution in [0.1, 0.15) is 0 Å². The maximum Gasteiger partial charge on any atom is 0.140 e. The molecule has 2 nitrogen and oxygen atoms in total. The van der Waals surface area contributed by atoms with Crippen molar-refractivity contribution in [3.8, 4) is 0 Å². The van der Waals surface area contributed by atoms with Crippen LogP contribution in [0.2, 0.25) is 0 Å². The van der Waals surface area contributed by atoms with Gasteiger partial charge in [-0.25, -0.2) is 4.98 Å². The van der Waals surface area contributed by atoms with Gasteiger partial charge in [-0.15, -0.1) is 0 Å². The van der Waals surface area contributed by atoms with E-state index in [1.54, 1.807) is 0 Å². The second-order valence-electron chi connectivity index (χ2n) is 4.39. The topological polar surface area (TPSA) is 16.1 Å². The summed E-state index contributed by atoms with van der Waals surface area (Å²) in [5.74, 6) is 0.969. The Morgan fingerprint density at radius 1 is 1.00 bits per heavy atom. The number of nitrogens with zero attached hydrogens (tertiary/aromatic N) is 2. The smallest absolute Gasteiger partial charge is 0.140 e. The van der Waals surface area contributed by atoms with Crippen molar-refractivity contribution in [3.63, 3.8) is 0 Å². The van der Waals surface area contributed by atoms with Gasteiger partial charge in [0.25, 0.3) is 0 Å². The number of hydrogen-bond donors (Lipinski definition) is 0. The van der Waals surface area contributed by atoms with Gasteiger partial charge in [-0.05, 0) is 41.8 Å². The van der Waals surface area contributed by atoms with Crippen LogP contribution >= 0.6 is 15.9 Å². The first kappa shape index (κ1) is 12.2. The van der Waals surface area contributed by atoms with E-state index >= 15 is 0 Å². The molecular formula is C16H13BrN2. The first-order valence-electron chi connectivity index (χ1n) is 6.09. The fraction of sp³-hybridized carbons (Fsp3) is 0.0625. The average molecular weight is 313 g/mol. The molecule has 0 fully saturated rings. The van der Waals surface area contributed by atoms with E-state index < -0.39 is 0 Å². The van der Waals surface area contributed by atoms with Crippen molar-refractivity contribution in [1.29, 1.82) is 0 Å². The molecule has 1 heterocycles. The minimum absolute atomic E-state index is 0.969. The summed E-state index contributed by atoms with van der Waals surface area (Å²) in [4.78, 5) is 6.63. The molecule has 0 atom stereocenters. The van der Waals surface area contributed by atoms with Crippen LogP contribution in [0.25, 0.3) is 10.8 Å². The summed E-state index contributed by atoms with van der Waals surface area (Å²) in [5, 5.41) is 2.33. The third-order valence-corrected chi connectivity index (χ3v) is 3.66. The van der Waals surface area contributed by atoms with Crippen molar-refractivity contribution in [2.24, 2.45) is 0 Å². The summed E-state index contributed by atoms with van der Waals surface area (Å²) in [6.45, 7) is 0. The predicted molar refractivity (Wildman–Crippen MR) is 83.9 cm³/mol. The van der Waals surface area contributed by atoms with E-state index in [0.717, 1.165) is 21.4 Å². The summed E-state index contributed by atoms with van der Waals surface area (Å²) in [5.41, 5.74) is 1.13. The molecule has 0 aliphatic carbocycles. The van der Waals surface area contributed by atoms with E-state index in [0.29, 0.717) is 0 Å². The van der Waals surface area contributed by atoms with Crippen LogP contribution in [-0.2, 0) is 0 Å². The molecule has 0 bridgehead atoms. The van der Waals surface area contributed by atoms with E-state index in [4.69, 9.17) is 0 Å². The zero-order valence-corrected chi connectivity index (χ0v) is 12.1. The summed E-state index contributed by atoms with van der Waals surface area (Å²) in [6, 6.07) is 18.5. The summed E-state index contributed by atoms with van der Waals surface area (Å²) >= 11 is 3.50. The molecule has 0 aliphatic rings. The third kappa shape index (κ3) is 2.34. The molecule has 0 N–H and O–H groups in total. The van der Waals surface area contributed by atoms with Gasteiger partial charge in [-0.3, -0.25) is 0 Å². The number of halogens is 1. The van der Waals surface area contributed by atoms with Gasteiger partial charge in [0.2, 0.25) is 0 Å². The zero-order valence-electron chi connectivity index (χ0n) is 10.5. The number of para-hydroxylation sites is 1. The van der Waals surface area contributed by atoms with Crippen LogP contribution in [0.15, 0.2) is 65.3 Å². The summed E-state index contributed by atoms with van der Waals surface area (Å²) in [7, 11) is 2.04. The monoisotopic (exact) mass is 312 g/mol. The number of fused-ring (bicyclic) bond motifs is 1. The standard InChI is InChI=1S/C16H13BrN2/c1-19(14-5-3-2-4-6-14)16-15-8-7-13(17)11-12(15)9-10-18-16/h2-11H,1H3. The van der Waals surface area contributed by atoms with Gasteiger partial charge in [-0.1, -0.05) is 34.1 Å². The number of anilines is 2. The Kier molecular flexibility index (Phi) is 3.22. The lowest BCUT2D eigenvalue weighted by molar-refractivity contribution is 1.14. The number of pyridine rings is 1. The molecule has 0 amide bonds. The van der Waals surface area contributed by atoms with Crippen LogP contribution in [-0.4, -0.2) is 12.0 Å². The second-order valence-corrected chi connectivity index (χ2v) is 5.31. The molecule has 0 aliphatic heterocycles. The van der Waals surface area contributed by atoms with Crippen LogP contribution in [0.4, 0.5) is 11.5 Å². The van der Waals surface area contributed by atoms with Gasteiger partial charge in [-0.2, -0.15) is 0 Å². The van der Waals surface area contributed by atoms with Crippen molar-refractivity contribution < 1.29 is 0 Å². The van der Waals surface area contributed by atoms with Crippen molar-refractivity contribution in [3.05, 3.63) is 65.3 Å². The fourth-order valence-electron chi connectivity index (χ4n) is 2.17. The van der Waals surface area contributed by atoms with Gasteiger partial charge < -0.3 is 4.90 Å². The maximum atomic E-state index is 4.52. The molecule has 0 spiro atoms. The van der Waals surface area contributed by atoms with E-state index in [9.17, 15) is 0 Å². The van der Waals surface area contributed by atoms with Gasteiger partial charge in [0, 0.05) is 28.8 Å². The lowest BCUT2D eigenvalue weighted by Gasteiger charge is -2.20. The molecular weight excluding hydrogens is 300 g/mol. The van der Waals surface area contributed by atoms with Crippen LogP contribution in [0.5, 0.6) is 0 Å². The first-order chi connectivity index (χ1) is 9.25. The molecule has 1 aromatic heterocycles. The Morgan fingerprint density at radius 3 is 2.58 bits per heavy atom. The van der Waals surface area contributed by atoms with E-state index in [1.807, 2.05) is 43.6 Å². The highest BCUT2D eigenvalue weighted by Crippen LogP contribution is 2.30. The third-order valence-electron chi connectivity index (χ3n) is 3.17. The Morgan fingerprint density at radius 2 is 1.79 bits per heavy atom. The Labute approximate surface area is 120 Å². The molecule has 3 heteroatoms. The number of benzene rings is 2. The Balaban J connectivity index is 2.15. The van der Waals surface area contributed by atoms with Crippen LogP contribution < -0.4 is 4.90 Å². The van der Waals surface area contributed by atoms with Crippen molar-refractivity contribution in [1.82, 2.24) is 4.98 Å². The highest BCUT2D eigenvalue weighted by Gasteiger charge is 2.09. The van der Waals surface area contributed by atoms with Gasteiger partial charge in [0.1, 0.15) is 5.82 Å². The van der Waals surface area contributed by atoms with Gasteiger partial charge >= 0.3 is 0 Å². The van der Waals surface area contributed by atoms with Crippen LogP contribution in [0, 0.1) is 0 Å². The number of rotatable bonds is 2. The Hall–Kier alpha value is -1.87. The number of hydrogen-bond acceptors (Lipinski definition) is 2. The molecule has 0 saturated carbocycles. The largest absolute Gasteiger partial charge is 0.329 e. The minimum Gasteiger partial charge on any atom is -0.329 e. The van der Waals surface area contributed by atoms with E-state index in [1.165, 1.54) is 5.39 Å². The fourth-order valence-corrected chi connectivity index (χ4v) is 2.55. The molecule has 94 valence electrons. The van der Waals surface area contributed by atoms with Crippen LogP contribution in [0.3, 0.4) is 0 Å². The highest BCUT2D eigenvalue weighted by molar-refractivity contribution is 9.10. The first-order valence-corrected chi connectivity index (χ1v) is 6.88. The minimum atomic E-state index is 0.969. The molecule has 0 saturated heterocycles. The quantitative estimate of drug-likeness (QED) is 0.678. The van der Waals surface area contributed by atoms with Gasteiger partial charge in [0.15, 0.2) is 0 Å². The van der Waals surface area contributed by atoms with Crippen molar-refractivity contribution in [2.45, 2.75) is 0 Å². The summed E-state index contributed by atoms with van der Waals surface area (Å²) < 4.78 is 1.08. The molecule has 2 aromatic carbocycles. The predicted octanol–water partition coefficient (Wildman–Crippen LogP) is 4.77. The molecule has 19 heavy (non-hydrogen) atoms. The molecule has 0 radical (unpaired) electrons. The maximum absolute atomic E-state index is 4.52. The normalized spacial score (nSPS) is 10.6. The summed E-state index contributed by atoms with van der Waals surface area (Å²) in [6.07, 6.45) is 1.85. The second kappa shape index (κ2) is 5.02. The highest BCUT2D eigenvalue weighted by atomic mass is 79.9. The molecule has 3 aromatic rings. The lowest BCUT2D eigenvalue weighted by atomic mass is 10.1. The van der Waals surface area contributed by atoms with Gasteiger partial charge in [0.05, 0.1) is 0 Å². The lowest BCUT2D eigenvalue weighted by Crippen LogP contribution is -2.11. The number of aromatic nitrogens is 1. The molecule has 3 rings (SSSR count). The average Bonchev–Trinajstić information content (AvgIpc) is 2.46. The Bertz CT molecular complexity index is 710. The molecule has 0 unspecified atom stereocenters. The van der Waals surface area contributed by atoms with E-state index in [-0.39, 0.29) is 0 Å². The zero-order chi connectivity index (χ0) is 13.2. The SMILES string of the molecule is CN(c1ccccc1)c1nccc2cc(Br)ccc12. The van der Waals surface area contributed by atoms with E-state index in [2.05, 4.69) is 50.1 Å². The van der Waals surface area contributed by atoms with Crippen molar-refractivity contribution >= 4 is 38.2 Å².